The number of halogens is 1. The summed E-state index contributed by atoms with van der Waals surface area (Å²) >= 11 is 7.84. The van der Waals surface area contributed by atoms with Crippen molar-refractivity contribution in [2.24, 2.45) is 5.73 Å². The topological polar surface area (TPSA) is 26.0 Å². The average Bonchev–Trinajstić information content (AvgIpc) is 2.55. The molecule has 90 valence electrons. The van der Waals surface area contributed by atoms with E-state index in [9.17, 15) is 0 Å². The second kappa shape index (κ2) is 4.81. The number of nitrogens with two attached hydrogens (primary N) is 1. The van der Waals surface area contributed by atoms with Crippen LogP contribution in [0.3, 0.4) is 0 Å². The molecular formula is C14H16ClNS. The number of rotatable bonds is 2. The van der Waals surface area contributed by atoms with Crippen molar-refractivity contribution in [1.29, 1.82) is 0 Å². The van der Waals surface area contributed by atoms with Crippen LogP contribution < -0.4 is 5.73 Å². The highest BCUT2D eigenvalue weighted by Gasteiger charge is 2.14. The van der Waals surface area contributed by atoms with Crippen molar-refractivity contribution in [1.82, 2.24) is 0 Å². The zero-order valence-corrected chi connectivity index (χ0v) is 11.8. The lowest BCUT2D eigenvalue weighted by atomic mass is 10.0. The zero-order valence-electron chi connectivity index (χ0n) is 10.3. The van der Waals surface area contributed by atoms with E-state index in [1.807, 2.05) is 19.1 Å². The van der Waals surface area contributed by atoms with E-state index in [0.29, 0.717) is 0 Å². The van der Waals surface area contributed by atoms with Crippen molar-refractivity contribution < 1.29 is 0 Å². The molecule has 0 saturated heterocycles. The van der Waals surface area contributed by atoms with Gasteiger partial charge in [-0.3, -0.25) is 0 Å². The molecule has 0 saturated carbocycles. The van der Waals surface area contributed by atoms with Crippen molar-refractivity contribution in [3.63, 3.8) is 0 Å². The molecule has 3 heteroatoms. The zero-order chi connectivity index (χ0) is 12.6. The van der Waals surface area contributed by atoms with Crippen molar-refractivity contribution >= 4 is 22.9 Å². The Kier molecular flexibility index (Phi) is 3.57. The van der Waals surface area contributed by atoms with Crippen molar-refractivity contribution in [3.8, 4) is 0 Å². The van der Waals surface area contributed by atoms with Crippen LogP contribution in [-0.4, -0.2) is 0 Å². The molecule has 2 rings (SSSR count). The summed E-state index contributed by atoms with van der Waals surface area (Å²) < 4.78 is 0. The lowest BCUT2D eigenvalue weighted by molar-refractivity contribution is 0.883. The van der Waals surface area contributed by atoms with Crippen molar-refractivity contribution in [2.45, 2.75) is 26.8 Å². The van der Waals surface area contributed by atoms with E-state index in [0.717, 1.165) is 16.1 Å². The van der Waals surface area contributed by atoms with E-state index in [2.05, 4.69) is 26.0 Å². The summed E-state index contributed by atoms with van der Waals surface area (Å²) in [7, 11) is 0. The first-order valence-electron chi connectivity index (χ1n) is 5.57. The minimum absolute atomic E-state index is 0.0777. The molecule has 0 amide bonds. The minimum Gasteiger partial charge on any atom is -0.320 e. The molecule has 2 N–H and O–H groups in total. The summed E-state index contributed by atoms with van der Waals surface area (Å²) in [6, 6.07) is 8.10. The van der Waals surface area contributed by atoms with Crippen LogP contribution in [0.15, 0.2) is 24.3 Å². The second-order valence-electron chi connectivity index (χ2n) is 4.44. The fraction of sp³-hybridized carbons (Fsp3) is 0.286. The molecule has 0 fully saturated rings. The van der Waals surface area contributed by atoms with Gasteiger partial charge in [0.05, 0.1) is 6.04 Å². The Morgan fingerprint density at radius 3 is 2.35 bits per heavy atom. The van der Waals surface area contributed by atoms with Gasteiger partial charge in [0.2, 0.25) is 0 Å². The Labute approximate surface area is 111 Å². The summed E-state index contributed by atoms with van der Waals surface area (Å²) in [4.78, 5) is 2.52. The van der Waals surface area contributed by atoms with Gasteiger partial charge in [-0.1, -0.05) is 17.7 Å². The van der Waals surface area contributed by atoms with E-state index in [1.54, 1.807) is 11.3 Å². The molecule has 0 radical (unpaired) electrons. The maximum atomic E-state index is 6.32. The van der Waals surface area contributed by atoms with Gasteiger partial charge in [-0.25, -0.2) is 0 Å². The predicted octanol–water partition coefficient (Wildman–Crippen LogP) is 4.37. The number of aryl methyl sites for hydroxylation is 3. The lowest BCUT2D eigenvalue weighted by Crippen LogP contribution is -2.11. The van der Waals surface area contributed by atoms with Crippen molar-refractivity contribution in [2.75, 3.05) is 0 Å². The smallest absolute Gasteiger partial charge is 0.0649 e. The lowest BCUT2D eigenvalue weighted by Gasteiger charge is -2.13. The van der Waals surface area contributed by atoms with Gasteiger partial charge in [-0.05, 0) is 55.7 Å². The molecule has 1 atom stereocenters. The van der Waals surface area contributed by atoms with E-state index in [-0.39, 0.29) is 6.04 Å². The van der Waals surface area contributed by atoms with Crippen LogP contribution in [-0.2, 0) is 0 Å². The second-order valence-corrected chi connectivity index (χ2v) is 6.17. The van der Waals surface area contributed by atoms with Gasteiger partial charge in [0.1, 0.15) is 0 Å². The number of hydrogen-bond donors (Lipinski definition) is 1. The molecule has 1 heterocycles. The summed E-state index contributed by atoms with van der Waals surface area (Å²) in [5, 5.41) is 0.751. The first-order valence-corrected chi connectivity index (χ1v) is 6.76. The highest BCUT2D eigenvalue weighted by atomic mass is 35.5. The highest BCUT2D eigenvalue weighted by molar-refractivity contribution is 7.12. The number of benzene rings is 1. The quantitative estimate of drug-likeness (QED) is 0.857. The Bertz CT molecular complexity index is 525. The van der Waals surface area contributed by atoms with Gasteiger partial charge in [0.25, 0.3) is 0 Å². The van der Waals surface area contributed by atoms with E-state index in [4.69, 9.17) is 17.3 Å². The maximum Gasteiger partial charge on any atom is 0.0649 e. The van der Waals surface area contributed by atoms with Crippen LogP contribution in [0.1, 0.15) is 32.5 Å². The Morgan fingerprint density at radius 2 is 1.82 bits per heavy atom. The average molecular weight is 266 g/mol. The Morgan fingerprint density at radius 1 is 1.12 bits per heavy atom. The molecule has 2 aromatic rings. The molecule has 1 nitrogen and oxygen atoms in total. The summed E-state index contributed by atoms with van der Waals surface area (Å²) in [6.45, 7) is 6.25. The van der Waals surface area contributed by atoms with E-state index in [1.165, 1.54) is 15.3 Å². The van der Waals surface area contributed by atoms with Crippen LogP contribution in [0.2, 0.25) is 5.02 Å². The van der Waals surface area contributed by atoms with Crippen LogP contribution in [0.25, 0.3) is 0 Å². The molecule has 0 spiro atoms. The van der Waals surface area contributed by atoms with Crippen LogP contribution >= 0.6 is 22.9 Å². The fourth-order valence-electron chi connectivity index (χ4n) is 2.06. The highest BCUT2D eigenvalue weighted by Crippen LogP contribution is 2.31. The van der Waals surface area contributed by atoms with Crippen LogP contribution in [0.5, 0.6) is 0 Å². The number of thiophene rings is 1. The molecule has 1 aromatic carbocycles. The summed E-state index contributed by atoms with van der Waals surface area (Å²) in [5.74, 6) is 0. The fourth-order valence-corrected chi connectivity index (χ4v) is 3.43. The standard InChI is InChI=1S/C14H16ClNS/c1-8-4-11(7-12(15)5-8)13(16)14-9(2)6-10(3)17-14/h4-7,13H,16H2,1-3H3. The van der Waals surface area contributed by atoms with Gasteiger partial charge in [0, 0.05) is 14.8 Å². The minimum atomic E-state index is -0.0777. The van der Waals surface area contributed by atoms with E-state index < -0.39 is 0 Å². The monoisotopic (exact) mass is 265 g/mol. The largest absolute Gasteiger partial charge is 0.320 e. The molecule has 0 bridgehead atoms. The molecule has 0 aliphatic carbocycles. The third-order valence-electron chi connectivity index (χ3n) is 2.79. The van der Waals surface area contributed by atoms with Crippen LogP contribution in [0.4, 0.5) is 0 Å². The van der Waals surface area contributed by atoms with Gasteiger partial charge < -0.3 is 5.73 Å². The van der Waals surface area contributed by atoms with Gasteiger partial charge in [0.15, 0.2) is 0 Å². The Hall–Kier alpha value is -0.830. The summed E-state index contributed by atoms with van der Waals surface area (Å²) in [6.07, 6.45) is 0. The van der Waals surface area contributed by atoms with E-state index >= 15 is 0 Å². The maximum absolute atomic E-state index is 6.32. The SMILES string of the molecule is Cc1cc(Cl)cc(C(N)c2sc(C)cc2C)c1. The Balaban J connectivity index is 2.43. The molecular weight excluding hydrogens is 250 g/mol. The van der Waals surface area contributed by atoms with Gasteiger partial charge in [-0.2, -0.15) is 0 Å². The molecule has 0 aliphatic heterocycles. The molecule has 1 unspecified atom stereocenters. The first kappa shape index (κ1) is 12.6. The number of hydrogen-bond acceptors (Lipinski definition) is 2. The third kappa shape index (κ3) is 2.71. The van der Waals surface area contributed by atoms with Crippen molar-refractivity contribution in [3.05, 3.63) is 55.7 Å². The van der Waals surface area contributed by atoms with Crippen LogP contribution in [0, 0.1) is 20.8 Å². The van der Waals surface area contributed by atoms with Gasteiger partial charge >= 0.3 is 0 Å². The third-order valence-corrected chi connectivity index (χ3v) is 4.24. The molecule has 17 heavy (non-hydrogen) atoms. The molecule has 0 aliphatic rings. The predicted molar refractivity (Wildman–Crippen MR) is 76.0 cm³/mol. The normalized spacial score (nSPS) is 12.8. The summed E-state index contributed by atoms with van der Waals surface area (Å²) in [5.41, 5.74) is 9.81. The molecule has 1 aromatic heterocycles. The van der Waals surface area contributed by atoms with Gasteiger partial charge in [-0.15, -0.1) is 11.3 Å². The first-order chi connectivity index (χ1) is 7.97.